The van der Waals surface area contributed by atoms with E-state index in [-0.39, 0.29) is 21.1 Å². The zero-order valence-corrected chi connectivity index (χ0v) is 21.3. The van der Waals surface area contributed by atoms with Gasteiger partial charge in [0.05, 0.1) is 0 Å². The van der Waals surface area contributed by atoms with Gasteiger partial charge in [0.1, 0.15) is 0 Å². The minimum absolute atomic E-state index is 0. The maximum atomic E-state index is 8.74. The second-order valence-electron chi connectivity index (χ2n) is 2.21. The van der Waals surface area contributed by atoms with Crippen molar-refractivity contribution in [1.82, 2.24) is 0 Å². The van der Waals surface area contributed by atoms with Crippen molar-refractivity contribution in [3.63, 3.8) is 0 Å². The average molecular weight is 773 g/mol. The Morgan fingerprint density at radius 2 is 0.586 bits per heavy atom. The molecule has 0 atom stereocenters. The van der Waals surface area contributed by atoms with Gasteiger partial charge in [0, 0.05) is 21.1 Å². The molecule has 22 nitrogen and oxygen atoms in total. The Balaban J connectivity index is -0.0000000401. The summed E-state index contributed by atoms with van der Waals surface area (Å²) in [5.41, 5.74) is 0. The van der Waals surface area contributed by atoms with Crippen molar-refractivity contribution in [1.29, 1.82) is 0 Å². The summed E-state index contributed by atoms with van der Waals surface area (Å²) in [4.78, 5) is 0. The molecule has 0 aromatic carbocycles. The summed E-state index contributed by atoms with van der Waals surface area (Å²) >= 11 is -7.80. The van der Waals surface area contributed by atoms with Gasteiger partial charge in [-0.1, -0.05) is 0 Å². The van der Waals surface area contributed by atoms with Crippen LogP contribution in [-0.2, 0) is 111 Å². The van der Waals surface area contributed by atoms with E-state index in [0.29, 0.717) is 0 Å². The van der Waals surface area contributed by atoms with Crippen molar-refractivity contribution >= 4 is 41.6 Å². The first-order valence-electron chi connectivity index (χ1n) is 3.75. The SMILES string of the molecule is O=S(=O)([O-])O.O=S(=O)([O-])O.O=S(=O)([O-])O.O=S(=O)([O-])O.[Mo].[O]=[Mo](=[O])([O-])[OH].[O]=[Mo]=[O]. The van der Waals surface area contributed by atoms with Crippen molar-refractivity contribution in [3.8, 4) is 0 Å². The van der Waals surface area contributed by atoms with Crippen molar-refractivity contribution in [3.05, 3.63) is 0 Å². The van der Waals surface area contributed by atoms with Gasteiger partial charge in [-0.2, -0.15) is 0 Å². The zero-order valence-electron chi connectivity index (χ0n) is 12.0. The molecule has 0 aromatic heterocycles. The molecular formula is H5Mo3O22S4-5. The van der Waals surface area contributed by atoms with Crippen molar-refractivity contribution in [2.24, 2.45) is 0 Å². The molecule has 0 spiro atoms. The van der Waals surface area contributed by atoms with Gasteiger partial charge in [0.15, 0.2) is 0 Å². The van der Waals surface area contributed by atoms with E-state index in [0.717, 1.165) is 0 Å². The fraction of sp³-hybridized carbons (Fsp3) is 0. The summed E-state index contributed by atoms with van der Waals surface area (Å²) in [7, 11) is -19.7. The van der Waals surface area contributed by atoms with Gasteiger partial charge in [-0.3, -0.25) is 18.2 Å². The summed E-state index contributed by atoms with van der Waals surface area (Å²) in [6.45, 7) is 0. The molecule has 0 rings (SSSR count). The fourth-order valence-electron chi connectivity index (χ4n) is 0. The van der Waals surface area contributed by atoms with Crippen LogP contribution in [-0.4, -0.2) is 73.9 Å². The number of rotatable bonds is 0. The van der Waals surface area contributed by atoms with E-state index >= 15 is 0 Å². The van der Waals surface area contributed by atoms with Crippen molar-refractivity contribution in [2.45, 2.75) is 0 Å². The molecule has 5 N–H and O–H groups in total. The van der Waals surface area contributed by atoms with Gasteiger partial charge in [-0.15, -0.1) is 0 Å². The first-order chi connectivity index (χ1) is 11.4. The van der Waals surface area contributed by atoms with Crippen molar-refractivity contribution in [2.75, 3.05) is 0 Å². The Hall–Kier alpha value is 0.665. The van der Waals surface area contributed by atoms with Gasteiger partial charge in [-0.05, 0) is 0 Å². The molecule has 0 amide bonds. The molecule has 0 saturated carbocycles. The van der Waals surface area contributed by atoms with Crippen LogP contribution < -0.4 is 3.76 Å². The predicted octanol–water partition coefficient (Wildman–Crippen LogP) is -6.21. The van der Waals surface area contributed by atoms with E-state index in [2.05, 4.69) is 0 Å². The standard InChI is InChI=1S/3Mo.4H2O4S.H2O.5O/c;;;4*1-5(2,3)4;;;;;;/h;;;4*(H2,1,2,3,4);1H2;;;;;/q;;+1;;;;;;;;;;-1/p-5. The Morgan fingerprint density at radius 1 is 0.586 bits per heavy atom. The third-order valence-corrected chi connectivity index (χ3v) is 0. The van der Waals surface area contributed by atoms with Crippen LogP contribution in [0.3, 0.4) is 0 Å². The van der Waals surface area contributed by atoms with E-state index in [4.69, 9.17) is 91.2 Å². The van der Waals surface area contributed by atoms with Crippen LogP contribution >= 0.6 is 0 Å². The maximum absolute atomic E-state index is 8.74. The second kappa shape index (κ2) is 21.9. The second-order valence-corrected chi connectivity index (χ2v) is 8.07. The van der Waals surface area contributed by atoms with Crippen LogP contribution in [0, 0.1) is 0 Å². The summed E-state index contributed by atoms with van der Waals surface area (Å²) in [6.07, 6.45) is 0. The number of hydrogen-bond acceptors (Lipinski definition) is 17. The van der Waals surface area contributed by atoms with Crippen LogP contribution in [0.4, 0.5) is 0 Å². The molecule has 0 aliphatic heterocycles. The molecule has 0 unspecified atom stereocenters. The summed E-state index contributed by atoms with van der Waals surface area (Å²) in [5, 5.41) is 0. The molecule has 0 fully saturated rings. The molecule has 0 saturated heterocycles. The summed E-state index contributed by atoms with van der Waals surface area (Å²) in [5.74, 6) is 0. The number of hydrogen-bond donors (Lipinski definition) is 5. The van der Waals surface area contributed by atoms with Gasteiger partial charge in [-0.25, -0.2) is 33.7 Å². The molecule has 0 heterocycles. The Kier molecular flexibility index (Phi) is 35.8. The van der Waals surface area contributed by atoms with E-state index in [1.54, 1.807) is 0 Å². The molecule has 0 aliphatic carbocycles. The van der Waals surface area contributed by atoms with Crippen LogP contribution in [0.25, 0.3) is 0 Å². The third kappa shape index (κ3) is 46100. The van der Waals surface area contributed by atoms with Crippen LogP contribution in [0.2, 0.25) is 0 Å². The van der Waals surface area contributed by atoms with E-state index in [9.17, 15) is 0 Å². The van der Waals surface area contributed by atoms with Gasteiger partial charge >= 0.3 is 56.3 Å². The monoisotopic (exact) mass is 779 g/mol. The molecular weight excluding hydrogens is 768 g/mol. The molecule has 0 aromatic rings. The summed E-state index contributed by atoms with van der Waals surface area (Å²) < 4.78 is 182. The molecule has 0 bridgehead atoms. The minimum atomic E-state index is -5.77. The molecule has 29 heavy (non-hydrogen) atoms. The van der Waals surface area contributed by atoms with Crippen LogP contribution in [0.15, 0.2) is 0 Å². The quantitative estimate of drug-likeness (QED) is 0.0868. The Bertz CT molecular complexity index is 703. The Labute approximate surface area is 187 Å². The molecule has 184 valence electrons. The normalized spacial score (nSPS) is 10.4. The van der Waals surface area contributed by atoms with Crippen LogP contribution in [0.5, 0.6) is 0 Å². The van der Waals surface area contributed by atoms with Crippen molar-refractivity contribution < 1.29 is 148 Å². The summed E-state index contributed by atoms with van der Waals surface area (Å²) in [6, 6.07) is 0. The van der Waals surface area contributed by atoms with Gasteiger partial charge in [0.2, 0.25) is 41.6 Å². The van der Waals surface area contributed by atoms with Gasteiger partial charge < -0.3 is 18.2 Å². The molecule has 0 aliphatic rings. The van der Waals surface area contributed by atoms with E-state index in [1.165, 1.54) is 0 Å². The van der Waals surface area contributed by atoms with E-state index in [1.807, 2.05) is 0 Å². The first kappa shape index (κ1) is 47.5. The predicted molar refractivity (Wildman–Crippen MR) is 54.3 cm³/mol. The first-order valence-corrected chi connectivity index (χ1v) is 14.2. The molecule has 0 radical (unpaired) electrons. The average Bonchev–Trinajstić information content (AvgIpc) is 2.00. The van der Waals surface area contributed by atoms with E-state index < -0.39 is 76.8 Å². The molecule has 29 heteroatoms. The fourth-order valence-corrected chi connectivity index (χ4v) is 0. The third-order valence-electron chi connectivity index (χ3n) is 0. The topological polar surface area (TPSA) is 421 Å². The Morgan fingerprint density at radius 3 is 0.586 bits per heavy atom. The van der Waals surface area contributed by atoms with Crippen LogP contribution in [0.1, 0.15) is 0 Å². The van der Waals surface area contributed by atoms with Gasteiger partial charge in [0.25, 0.3) is 0 Å². The zero-order chi connectivity index (χ0) is 25.2.